The zero-order valence-electron chi connectivity index (χ0n) is 17.0. The number of esters is 1. The van der Waals surface area contributed by atoms with Crippen molar-refractivity contribution in [1.82, 2.24) is 10.4 Å². The van der Waals surface area contributed by atoms with E-state index < -0.39 is 34.8 Å². The van der Waals surface area contributed by atoms with Crippen molar-refractivity contribution in [3.05, 3.63) is 11.6 Å². The van der Waals surface area contributed by atoms with Gasteiger partial charge in [0, 0.05) is 11.5 Å². The van der Waals surface area contributed by atoms with Crippen molar-refractivity contribution in [2.75, 3.05) is 18.6 Å². The number of nitrogens with one attached hydrogen (secondary N) is 1. The normalized spacial score (nSPS) is 20.3. The highest BCUT2D eigenvalue weighted by Gasteiger charge is 2.44. The van der Waals surface area contributed by atoms with Crippen LogP contribution in [-0.2, 0) is 14.3 Å². The lowest BCUT2D eigenvalue weighted by atomic mass is 9.98. The number of thioether (sulfide) groups is 1. The van der Waals surface area contributed by atoms with E-state index in [1.807, 2.05) is 33.8 Å². The maximum atomic E-state index is 12.0. The molecule has 0 saturated carbocycles. The number of methoxy groups -OCH3 is 1. The van der Waals surface area contributed by atoms with Crippen LogP contribution in [-0.4, -0.2) is 63.7 Å². The summed E-state index contributed by atoms with van der Waals surface area (Å²) < 4.78 is 9.97. The van der Waals surface area contributed by atoms with Crippen LogP contribution in [0.15, 0.2) is 11.6 Å². The van der Waals surface area contributed by atoms with Crippen molar-refractivity contribution in [2.24, 2.45) is 0 Å². The summed E-state index contributed by atoms with van der Waals surface area (Å²) in [6, 6.07) is -0.803. The average Bonchev–Trinajstić information content (AvgIpc) is 2.63. The summed E-state index contributed by atoms with van der Waals surface area (Å²) in [5.74, 6) is 0.439. The zero-order valence-corrected chi connectivity index (χ0v) is 17.8. The van der Waals surface area contributed by atoms with Gasteiger partial charge in [0.05, 0.1) is 18.2 Å². The second kappa shape index (κ2) is 8.19. The number of hydrogen-bond acceptors (Lipinski definition) is 7. The first-order valence-electron chi connectivity index (χ1n) is 8.57. The Bertz CT molecular complexity index is 566. The molecule has 1 aliphatic heterocycles. The molecule has 8 heteroatoms. The van der Waals surface area contributed by atoms with Crippen molar-refractivity contribution in [3.63, 3.8) is 0 Å². The SMILES string of the molecule is COC(=O)[C@@H](CSCC1=CC(C)(C)N(O)C1(C)C)NC(=O)OC(C)(C)C. The largest absolute Gasteiger partial charge is 0.467 e. The monoisotopic (exact) mass is 388 g/mol. The lowest BCUT2D eigenvalue weighted by Gasteiger charge is -2.36. The van der Waals surface area contributed by atoms with E-state index in [0.717, 1.165) is 5.57 Å². The van der Waals surface area contributed by atoms with E-state index in [-0.39, 0.29) is 0 Å². The Morgan fingerprint density at radius 1 is 1.31 bits per heavy atom. The Morgan fingerprint density at radius 2 is 1.88 bits per heavy atom. The predicted octanol–water partition coefficient (Wildman–Crippen LogP) is 2.97. The summed E-state index contributed by atoms with van der Waals surface area (Å²) in [5.41, 5.74) is -0.519. The summed E-state index contributed by atoms with van der Waals surface area (Å²) in [6.45, 7) is 13.0. The smallest absolute Gasteiger partial charge is 0.408 e. The van der Waals surface area contributed by atoms with Crippen LogP contribution in [0, 0.1) is 0 Å². The molecule has 1 rings (SSSR count). The molecule has 26 heavy (non-hydrogen) atoms. The molecule has 0 unspecified atom stereocenters. The van der Waals surface area contributed by atoms with Gasteiger partial charge in [-0.05, 0) is 54.0 Å². The van der Waals surface area contributed by atoms with Crippen LogP contribution >= 0.6 is 11.8 Å². The van der Waals surface area contributed by atoms with Gasteiger partial charge in [-0.15, -0.1) is 0 Å². The predicted molar refractivity (Wildman–Crippen MR) is 102 cm³/mol. The Labute approximate surface area is 160 Å². The molecule has 1 aliphatic rings. The van der Waals surface area contributed by atoms with Gasteiger partial charge < -0.3 is 20.0 Å². The molecule has 0 aromatic rings. The number of ether oxygens (including phenoxy) is 2. The van der Waals surface area contributed by atoms with Crippen LogP contribution in [0.5, 0.6) is 0 Å². The quantitative estimate of drug-likeness (QED) is 0.534. The van der Waals surface area contributed by atoms with Gasteiger partial charge in [-0.25, -0.2) is 9.59 Å². The highest BCUT2D eigenvalue weighted by Crippen LogP contribution is 2.39. The molecule has 1 heterocycles. The van der Waals surface area contributed by atoms with Crippen LogP contribution in [0.2, 0.25) is 0 Å². The number of nitrogens with zero attached hydrogens (tertiary/aromatic N) is 1. The van der Waals surface area contributed by atoms with E-state index in [2.05, 4.69) is 5.32 Å². The van der Waals surface area contributed by atoms with Crippen molar-refractivity contribution >= 4 is 23.8 Å². The number of alkyl carbamates (subject to hydrolysis) is 1. The van der Waals surface area contributed by atoms with E-state index in [0.29, 0.717) is 11.5 Å². The minimum Gasteiger partial charge on any atom is -0.467 e. The highest BCUT2D eigenvalue weighted by molar-refractivity contribution is 7.99. The molecule has 0 bridgehead atoms. The Hall–Kier alpha value is -1.25. The fraction of sp³-hybridized carbons (Fsp3) is 0.778. The number of hydroxylamine groups is 2. The van der Waals surface area contributed by atoms with Gasteiger partial charge in [0.1, 0.15) is 11.6 Å². The van der Waals surface area contributed by atoms with Crippen molar-refractivity contribution < 1.29 is 24.3 Å². The van der Waals surface area contributed by atoms with Gasteiger partial charge in [-0.2, -0.15) is 16.8 Å². The van der Waals surface area contributed by atoms with E-state index in [4.69, 9.17) is 9.47 Å². The molecular weight excluding hydrogens is 356 g/mol. The molecule has 0 aromatic heterocycles. The molecule has 0 fully saturated rings. The maximum absolute atomic E-state index is 12.0. The molecule has 0 radical (unpaired) electrons. The van der Waals surface area contributed by atoms with Gasteiger partial charge in [-0.3, -0.25) is 0 Å². The fourth-order valence-electron chi connectivity index (χ4n) is 2.79. The van der Waals surface area contributed by atoms with Crippen LogP contribution < -0.4 is 5.32 Å². The summed E-state index contributed by atoms with van der Waals surface area (Å²) in [5, 5.41) is 14.2. The van der Waals surface area contributed by atoms with E-state index in [1.54, 1.807) is 20.8 Å². The van der Waals surface area contributed by atoms with Crippen molar-refractivity contribution in [1.29, 1.82) is 0 Å². The fourth-order valence-corrected chi connectivity index (χ4v) is 4.02. The van der Waals surface area contributed by atoms with Gasteiger partial charge in [0.2, 0.25) is 0 Å². The molecule has 0 saturated heterocycles. The molecule has 150 valence electrons. The third-order valence-electron chi connectivity index (χ3n) is 4.11. The third-order valence-corrected chi connectivity index (χ3v) is 5.19. The van der Waals surface area contributed by atoms with Crippen LogP contribution in [0.4, 0.5) is 4.79 Å². The standard InChI is InChI=1S/C18H32N2O5S/c1-16(2,3)25-15(22)19-13(14(21)24-8)11-26-10-12-9-17(4,5)20(23)18(12,6)7/h9,13,23H,10-11H2,1-8H3,(H,19,22)/t13-/m1/s1. The first-order chi connectivity index (χ1) is 11.7. The Kier molecular flexibility index (Phi) is 7.18. The Balaban J connectivity index is 2.68. The molecule has 1 atom stereocenters. The first-order valence-corrected chi connectivity index (χ1v) is 9.72. The zero-order chi connectivity index (χ0) is 20.3. The number of amides is 1. The topological polar surface area (TPSA) is 88.1 Å². The number of hydrogen-bond donors (Lipinski definition) is 2. The lowest BCUT2D eigenvalue weighted by molar-refractivity contribution is -0.185. The first kappa shape index (κ1) is 22.8. The summed E-state index contributed by atoms with van der Waals surface area (Å²) in [6.07, 6.45) is 1.38. The molecule has 0 aliphatic carbocycles. The average molecular weight is 389 g/mol. The van der Waals surface area contributed by atoms with Crippen molar-refractivity contribution in [3.8, 4) is 0 Å². The molecule has 1 amide bonds. The molecule has 0 spiro atoms. The van der Waals surface area contributed by atoms with E-state index >= 15 is 0 Å². The van der Waals surface area contributed by atoms with Gasteiger partial charge in [0.15, 0.2) is 0 Å². The second-order valence-corrected chi connectivity index (χ2v) is 9.46. The van der Waals surface area contributed by atoms with Crippen LogP contribution in [0.1, 0.15) is 48.5 Å². The van der Waals surface area contributed by atoms with Gasteiger partial charge in [0.25, 0.3) is 0 Å². The minimum absolute atomic E-state index is 0.338. The lowest BCUT2D eigenvalue weighted by Crippen LogP contribution is -2.48. The summed E-state index contributed by atoms with van der Waals surface area (Å²) in [7, 11) is 1.28. The van der Waals surface area contributed by atoms with Crippen LogP contribution in [0.3, 0.4) is 0 Å². The number of carbonyl (C=O) groups is 2. The molecule has 7 nitrogen and oxygen atoms in total. The van der Waals surface area contributed by atoms with Gasteiger partial charge >= 0.3 is 12.1 Å². The maximum Gasteiger partial charge on any atom is 0.408 e. The van der Waals surface area contributed by atoms with E-state index in [1.165, 1.54) is 23.9 Å². The Morgan fingerprint density at radius 3 is 2.31 bits per heavy atom. The summed E-state index contributed by atoms with van der Waals surface area (Å²) in [4.78, 5) is 23.9. The summed E-state index contributed by atoms with van der Waals surface area (Å²) >= 11 is 1.49. The molecule has 0 aromatic carbocycles. The minimum atomic E-state index is -0.803. The second-order valence-electron chi connectivity index (χ2n) is 8.43. The number of carbonyl (C=O) groups excluding carboxylic acids is 2. The van der Waals surface area contributed by atoms with Gasteiger partial charge in [-0.1, -0.05) is 6.08 Å². The number of rotatable bonds is 6. The van der Waals surface area contributed by atoms with Crippen molar-refractivity contribution in [2.45, 2.75) is 71.2 Å². The molecule has 2 N–H and O–H groups in total. The van der Waals surface area contributed by atoms with Crippen LogP contribution in [0.25, 0.3) is 0 Å². The highest BCUT2D eigenvalue weighted by atomic mass is 32.2. The van der Waals surface area contributed by atoms with E-state index in [9.17, 15) is 14.8 Å². The third kappa shape index (κ3) is 5.89. The molecular formula is C18H32N2O5S.